The van der Waals surface area contributed by atoms with E-state index in [1.54, 1.807) is 0 Å². The van der Waals surface area contributed by atoms with Crippen LogP contribution in [0.5, 0.6) is 0 Å². The molecule has 1 fully saturated rings. The molecule has 1 heterocycles. The minimum atomic E-state index is -0.353. The van der Waals surface area contributed by atoms with E-state index in [-0.39, 0.29) is 6.10 Å². The molecule has 0 saturated heterocycles. The van der Waals surface area contributed by atoms with E-state index in [2.05, 4.69) is 15.0 Å². The Morgan fingerprint density at radius 2 is 1.96 bits per heavy atom. The maximum Gasteiger partial charge on any atom is 0.241 e. The lowest BCUT2D eigenvalue weighted by Gasteiger charge is -2.34. The van der Waals surface area contributed by atoms with Crippen molar-refractivity contribution in [1.82, 2.24) is 15.0 Å². The van der Waals surface area contributed by atoms with Crippen LogP contribution in [0.2, 0.25) is 0 Å². The second-order valence-corrected chi connectivity index (χ2v) is 6.45. The summed E-state index contributed by atoms with van der Waals surface area (Å²) in [6.07, 6.45) is 5.87. The zero-order valence-corrected chi connectivity index (χ0v) is 13.7. The summed E-state index contributed by atoms with van der Waals surface area (Å²) in [7, 11) is 0. The molecule has 23 heavy (non-hydrogen) atoms. The van der Waals surface area contributed by atoms with Crippen LogP contribution in [0.1, 0.15) is 44.9 Å². The average Bonchev–Trinajstić information content (AvgIpc) is 3.04. The number of aliphatic hydroxyl groups is 1. The fourth-order valence-electron chi connectivity index (χ4n) is 3.33. The SMILES string of the molecule is CC(O)CN(Cc1nc(-c2ccccc2)no1)C1CCCCC1. The summed E-state index contributed by atoms with van der Waals surface area (Å²) in [6.45, 7) is 3.09. The molecule has 1 aliphatic carbocycles. The monoisotopic (exact) mass is 315 g/mol. The molecule has 1 atom stereocenters. The smallest absolute Gasteiger partial charge is 0.241 e. The standard InChI is InChI=1S/C18H25N3O2/c1-14(22)12-21(16-10-6-3-7-11-16)13-17-19-18(20-23-17)15-8-4-2-5-9-15/h2,4-5,8-9,14,16,22H,3,6-7,10-13H2,1H3. The van der Waals surface area contributed by atoms with Crippen LogP contribution in [-0.2, 0) is 6.54 Å². The van der Waals surface area contributed by atoms with Gasteiger partial charge in [0.15, 0.2) is 0 Å². The van der Waals surface area contributed by atoms with Gasteiger partial charge in [0.25, 0.3) is 0 Å². The van der Waals surface area contributed by atoms with Crippen LogP contribution >= 0.6 is 0 Å². The molecule has 1 aromatic heterocycles. The Labute approximate surface area is 137 Å². The Morgan fingerprint density at radius 3 is 2.65 bits per heavy atom. The molecule has 1 N–H and O–H groups in total. The summed E-state index contributed by atoms with van der Waals surface area (Å²) >= 11 is 0. The third-order valence-electron chi connectivity index (χ3n) is 4.43. The van der Waals surface area contributed by atoms with Crippen molar-refractivity contribution in [3.05, 3.63) is 36.2 Å². The van der Waals surface area contributed by atoms with E-state index < -0.39 is 0 Å². The van der Waals surface area contributed by atoms with Crippen molar-refractivity contribution in [2.24, 2.45) is 0 Å². The Bertz CT molecular complexity index is 591. The molecular weight excluding hydrogens is 290 g/mol. The fraction of sp³-hybridized carbons (Fsp3) is 0.556. The molecule has 0 bridgehead atoms. The first kappa shape index (κ1) is 16.1. The van der Waals surface area contributed by atoms with Gasteiger partial charge in [0.1, 0.15) is 0 Å². The Hall–Kier alpha value is -1.72. The van der Waals surface area contributed by atoms with Gasteiger partial charge in [-0.1, -0.05) is 54.8 Å². The quantitative estimate of drug-likeness (QED) is 0.886. The normalized spacial score (nSPS) is 17.5. The molecule has 5 heteroatoms. The van der Waals surface area contributed by atoms with Gasteiger partial charge in [0.2, 0.25) is 11.7 Å². The van der Waals surface area contributed by atoms with Crippen LogP contribution in [0.25, 0.3) is 11.4 Å². The lowest BCUT2D eigenvalue weighted by molar-refractivity contribution is 0.0689. The van der Waals surface area contributed by atoms with Gasteiger partial charge in [-0.25, -0.2) is 0 Å². The molecule has 1 aromatic carbocycles. The lowest BCUT2D eigenvalue weighted by Crippen LogP contribution is -2.40. The fourth-order valence-corrected chi connectivity index (χ4v) is 3.33. The van der Waals surface area contributed by atoms with Gasteiger partial charge in [0.05, 0.1) is 12.6 Å². The second kappa shape index (κ2) is 7.70. The van der Waals surface area contributed by atoms with Crippen LogP contribution in [-0.4, -0.2) is 38.8 Å². The first-order valence-corrected chi connectivity index (χ1v) is 8.52. The molecule has 0 aliphatic heterocycles. The third-order valence-corrected chi connectivity index (χ3v) is 4.43. The summed E-state index contributed by atoms with van der Waals surface area (Å²) in [5.74, 6) is 1.25. The van der Waals surface area contributed by atoms with Crippen molar-refractivity contribution in [3.8, 4) is 11.4 Å². The number of hydrogen-bond donors (Lipinski definition) is 1. The van der Waals surface area contributed by atoms with Crippen LogP contribution in [0.15, 0.2) is 34.9 Å². The van der Waals surface area contributed by atoms with E-state index in [1.807, 2.05) is 37.3 Å². The maximum atomic E-state index is 9.81. The van der Waals surface area contributed by atoms with Crippen molar-refractivity contribution < 1.29 is 9.63 Å². The molecule has 1 aliphatic rings. The van der Waals surface area contributed by atoms with Gasteiger partial charge < -0.3 is 9.63 Å². The van der Waals surface area contributed by atoms with Crippen molar-refractivity contribution in [2.45, 2.75) is 57.7 Å². The van der Waals surface area contributed by atoms with Crippen molar-refractivity contribution in [2.75, 3.05) is 6.54 Å². The highest BCUT2D eigenvalue weighted by Gasteiger charge is 2.24. The molecule has 3 rings (SSSR count). The molecule has 124 valence electrons. The molecule has 0 amide bonds. The number of rotatable bonds is 6. The summed E-state index contributed by atoms with van der Waals surface area (Å²) in [4.78, 5) is 6.82. The predicted octanol–water partition coefficient (Wildman–Crippen LogP) is 3.25. The zero-order chi connectivity index (χ0) is 16.1. The van der Waals surface area contributed by atoms with Gasteiger partial charge in [-0.15, -0.1) is 0 Å². The molecular formula is C18H25N3O2. The first-order chi connectivity index (χ1) is 11.2. The molecule has 0 radical (unpaired) electrons. The molecule has 1 unspecified atom stereocenters. The summed E-state index contributed by atoms with van der Waals surface area (Å²) in [5.41, 5.74) is 0.960. The largest absolute Gasteiger partial charge is 0.392 e. The lowest BCUT2D eigenvalue weighted by atomic mass is 9.94. The number of aromatic nitrogens is 2. The van der Waals surface area contributed by atoms with Gasteiger partial charge in [-0.05, 0) is 19.8 Å². The topological polar surface area (TPSA) is 62.4 Å². The van der Waals surface area contributed by atoms with Gasteiger partial charge in [0, 0.05) is 18.2 Å². The maximum absolute atomic E-state index is 9.81. The molecule has 2 aromatic rings. The second-order valence-electron chi connectivity index (χ2n) is 6.45. The van der Waals surface area contributed by atoms with Crippen molar-refractivity contribution in [3.63, 3.8) is 0 Å². The molecule has 0 spiro atoms. The van der Waals surface area contributed by atoms with Crippen LogP contribution in [0, 0.1) is 0 Å². The zero-order valence-electron chi connectivity index (χ0n) is 13.7. The Kier molecular flexibility index (Phi) is 5.41. The molecule has 1 saturated carbocycles. The summed E-state index contributed by atoms with van der Waals surface area (Å²) in [5, 5.41) is 13.9. The van der Waals surface area contributed by atoms with Crippen LogP contribution in [0.4, 0.5) is 0 Å². The van der Waals surface area contributed by atoms with Gasteiger partial charge in [-0.3, -0.25) is 4.90 Å². The van der Waals surface area contributed by atoms with E-state index in [4.69, 9.17) is 4.52 Å². The minimum Gasteiger partial charge on any atom is -0.392 e. The third kappa shape index (κ3) is 4.39. The van der Waals surface area contributed by atoms with E-state index in [1.165, 1.54) is 32.1 Å². The summed E-state index contributed by atoms with van der Waals surface area (Å²) < 4.78 is 5.44. The highest BCUT2D eigenvalue weighted by Crippen LogP contribution is 2.24. The highest BCUT2D eigenvalue weighted by molar-refractivity contribution is 5.53. The highest BCUT2D eigenvalue weighted by atomic mass is 16.5. The van der Waals surface area contributed by atoms with Crippen LogP contribution < -0.4 is 0 Å². The Morgan fingerprint density at radius 1 is 1.22 bits per heavy atom. The van der Waals surface area contributed by atoms with E-state index in [9.17, 15) is 5.11 Å². The first-order valence-electron chi connectivity index (χ1n) is 8.52. The minimum absolute atomic E-state index is 0.353. The number of aliphatic hydroxyl groups excluding tert-OH is 1. The Balaban J connectivity index is 1.70. The predicted molar refractivity (Wildman–Crippen MR) is 88.7 cm³/mol. The van der Waals surface area contributed by atoms with E-state index >= 15 is 0 Å². The number of benzene rings is 1. The van der Waals surface area contributed by atoms with Gasteiger partial charge in [-0.2, -0.15) is 4.98 Å². The molecule has 5 nitrogen and oxygen atoms in total. The van der Waals surface area contributed by atoms with E-state index in [0.29, 0.717) is 30.8 Å². The van der Waals surface area contributed by atoms with Crippen molar-refractivity contribution in [1.29, 1.82) is 0 Å². The van der Waals surface area contributed by atoms with E-state index in [0.717, 1.165) is 5.56 Å². The van der Waals surface area contributed by atoms with Crippen LogP contribution in [0.3, 0.4) is 0 Å². The van der Waals surface area contributed by atoms with Gasteiger partial charge >= 0.3 is 0 Å². The van der Waals surface area contributed by atoms with Crippen molar-refractivity contribution >= 4 is 0 Å². The number of hydrogen-bond acceptors (Lipinski definition) is 5. The summed E-state index contributed by atoms with van der Waals surface area (Å²) in [6, 6.07) is 10.4. The average molecular weight is 315 g/mol. The number of nitrogens with zero attached hydrogens (tertiary/aromatic N) is 3.